The molecule has 4 heteroatoms. The average Bonchev–Trinajstić information content (AvgIpc) is 2.77. The minimum atomic E-state index is -0.934. The Bertz CT molecular complexity index is 561. The van der Waals surface area contributed by atoms with Gasteiger partial charge in [0, 0.05) is 23.1 Å². The first-order valence-electron chi connectivity index (χ1n) is 6.41. The number of benzene rings is 1. The molecule has 3 nitrogen and oxygen atoms in total. The van der Waals surface area contributed by atoms with Gasteiger partial charge in [0.25, 0.3) is 0 Å². The van der Waals surface area contributed by atoms with Crippen LogP contribution in [0.5, 0.6) is 0 Å². The number of nitrogens with zero attached hydrogens (tertiary/aromatic N) is 2. The van der Waals surface area contributed by atoms with Gasteiger partial charge < -0.3 is 5.11 Å². The lowest BCUT2D eigenvalue weighted by atomic mass is 9.91. The summed E-state index contributed by atoms with van der Waals surface area (Å²) in [6, 6.07) is 10.0. The van der Waals surface area contributed by atoms with Gasteiger partial charge in [-0.25, -0.2) is 0 Å². The second-order valence-corrected chi connectivity index (χ2v) is 6.17. The van der Waals surface area contributed by atoms with Crippen molar-refractivity contribution >= 4 is 15.9 Å². The molecule has 1 aromatic heterocycles. The van der Waals surface area contributed by atoms with Crippen molar-refractivity contribution in [1.82, 2.24) is 9.78 Å². The molecule has 0 saturated heterocycles. The second kappa shape index (κ2) is 5.47. The molecule has 2 aromatic rings. The lowest BCUT2D eigenvalue weighted by Crippen LogP contribution is -2.25. The smallest absolute Gasteiger partial charge is 0.0935 e. The van der Waals surface area contributed by atoms with Crippen LogP contribution in [0.3, 0.4) is 0 Å². The molecule has 2 rings (SSSR count). The summed E-state index contributed by atoms with van der Waals surface area (Å²) < 4.78 is 2.83. The highest BCUT2D eigenvalue weighted by molar-refractivity contribution is 9.10. The molecule has 19 heavy (non-hydrogen) atoms. The Morgan fingerprint density at radius 1 is 1.32 bits per heavy atom. The van der Waals surface area contributed by atoms with Crippen molar-refractivity contribution in [2.75, 3.05) is 0 Å². The van der Waals surface area contributed by atoms with Crippen LogP contribution in [0.25, 0.3) is 0 Å². The molecule has 1 N–H and O–H groups in total. The quantitative estimate of drug-likeness (QED) is 0.932. The highest BCUT2D eigenvalue weighted by atomic mass is 79.9. The first-order chi connectivity index (χ1) is 8.90. The Morgan fingerprint density at radius 3 is 2.58 bits per heavy atom. The number of rotatable bonds is 4. The van der Waals surface area contributed by atoms with Crippen LogP contribution in [-0.4, -0.2) is 14.9 Å². The molecule has 0 saturated carbocycles. The van der Waals surface area contributed by atoms with Crippen LogP contribution in [0.2, 0.25) is 0 Å². The van der Waals surface area contributed by atoms with Gasteiger partial charge in [0.2, 0.25) is 0 Å². The Labute approximate surface area is 122 Å². The molecular formula is C15H19BrN2O. The highest BCUT2D eigenvalue weighted by Gasteiger charge is 2.26. The third-order valence-electron chi connectivity index (χ3n) is 3.17. The predicted molar refractivity (Wildman–Crippen MR) is 80.0 cm³/mol. The standard InChI is InChI=1S/C15H19BrN2O/c1-11(2)18-9-8-12(17-18)10-15(3,19)13-6-4-5-7-14(13)16/h4-9,11,19H,10H2,1-3H3. The fourth-order valence-electron chi connectivity index (χ4n) is 2.11. The SMILES string of the molecule is CC(C)n1ccc(CC(C)(O)c2ccccc2Br)n1. The zero-order chi connectivity index (χ0) is 14.0. The minimum Gasteiger partial charge on any atom is -0.385 e. The van der Waals surface area contributed by atoms with Crippen LogP contribution in [-0.2, 0) is 12.0 Å². The number of halogens is 1. The number of aromatic nitrogens is 2. The van der Waals surface area contributed by atoms with Gasteiger partial charge in [-0.2, -0.15) is 5.10 Å². The van der Waals surface area contributed by atoms with Crippen LogP contribution in [0.4, 0.5) is 0 Å². The van der Waals surface area contributed by atoms with Gasteiger partial charge in [-0.3, -0.25) is 4.68 Å². The molecule has 0 aliphatic carbocycles. The van der Waals surface area contributed by atoms with Crippen LogP contribution in [0.15, 0.2) is 41.0 Å². The molecule has 0 amide bonds. The van der Waals surface area contributed by atoms with E-state index in [4.69, 9.17) is 0 Å². The van der Waals surface area contributed by atoms with Crippen molar-refractivity contribution in [2.45, 2.75) is 38.8 Å². The fourth-order valence-corrected chi connectivity index (χ4v) is 2.82. The molecule has 0 bridgehead atoms. The summed E-state index contributed by atoms with van der Waals surface area (Å²) in [5.74, 6) is 0. The summed E-state index contributed by atoms with van der Waals surface area (Å²) in [6.07, 6.45) is 2.45. The lowest BCUT2D eigenvalue weighted by molar-refractivity contribution is 0.0556. The van der Waals surface area contributed by atoms with Crippen LogP contribution < -0.4 is 0 Å². The van der Waals surface area contributed by atoms with Crippen LogP contribution in [0.1, 0.15) is 38.1 Å². The number of hydrogen-bond acceptors (Lipinski definition) is 2. The van der Waals surface area contributed by atoms with Crippen molar-refractivity contribution in [3.05, 3.63) is 52.3 Å². The normalized spacial score (nSPS) is 14.6. The molecule has 0 fully saturated rings. The zero-order valence-electron chi connectivity index (χ0n) is 11.5. The molecular weight excluding hydrogens is 304 g/mol. The third-order valence-corrected chi connectivity index (χ3v) is 3.86. The van der Waals surface area contributed by atoms with E-state index in [2.05, 4.69) is 34.9 Å². The van der Waals surface area contributed by atoms with Gasteiger partial charge in [0.1, 0.15) is 0 Å². The molecule has 102 valence electrons. The van der Waals surface area contributed by atoms with E-state index in [0.29, 0.717) is 12.5 Å². The van der Waals surface area contributed by atoms with Crippen molar-refractivity contribution in [2.24, 2.45) is 0 Å². The van der Waals surface area contributed by atoms with Gasteiger partial charge in [-0.05, 0) is 38.5 Å². The zero-order valence-corrected chi connectivity index (χ0v) is 13.1. The second-order valence-electron chi connectivity index (χ2n) is 5.31. The highest BCUT2D eigenvalue weighted by Crippen LogP contribution is 2.30. The first kappa shape index (κ1) is 14.3. The lowest BCUT2D eigenvalue weighted by Gasteiger charge is -2.24. The summed E-state index contributed by atoms with van der Waals surface area (Å²) in [5, 5.41) is 15.2. The van der Waals surface area contributed by atoms with Crippen LogP contribution >= 0.6 is 15.9 Å². The average molecular weight is 323 g/mol. The Balaban J connectivity index is 2.23. The Kier molecular flexibility index (Phi) is 4.11. The summed E-state index contributed by atoms with van der Waals surface area (Å²) in [6.45, 7) is 5.99. The number of hydrogen-bond donors (Lipinski definition) is 1. The van der Waals surface area contributed by atoms with E-state index in [9.17, 15) is 5.11 Å². The van der Waals surface area contributed by atoms with E-state index in [0.717, 1.165) is 15.7 Å². The van der Waals surface area contributed by atoms with E-state index >= 15 is 0 Å². The first-order valence-corrected chi connectivity index (χ1v) is 7.21. The molecule has 1 atom stereocenters. The maximum atomic E-state index is 10.7. The van der Waals surface area contributed by atoms with Gasteiger partial charge in [-0.15, -0.1) is 0 Å². The van der Waals surface area contributed by atoms with Crippen molar-refractivity contribution in [1.29, 1.82) is 0 Å². The van der Waals surface area contributed by atoms with E-state index in [1.165, 1.54) is 0 Å². The summed E-state index contributed by atoms with van der Waals surface area (Å²) in [5.41, 5.74) is 0.847. The number of aliphatic hydroxyl groups is 1. The molecule has 0 spiro atoms. The summed E-state index contributed by atoms with van der Waals surface area (Å²) in [7, 11) is 0. The van der Waals surface area contributed by atoms with E-state index in [1.54, 1.807) is 0 Å². The maximum Gasteiger partial charge on any atom is 0.0935 e. The van der Waals surface area contributed by atoms with Gasteiger partial charge in [0.05, 0.1) is 11.3 Å². The van der Waals surface area contributed by atoms with Crippen molar-refractivity contribution in [3.63, 3.8) is 0 Å². The Hall–Kier alpha value is -1.13. The molecule has 1 unspecified atom stereocenters. The molecule has 0 aliphatic heterocycles. The largest absolute Gasteiger partial charge is 0.385 e. The predicted octanol–water partition coefficient (Wildman–Crippen LogP) is 3.68. The van der Waals surface area contributed by atoms with Crippen molar-refractivity contribution < 1.29 is 5.11 Å². The molecule has 0 radical (unpaired) electrons. The molecule has 1 heterocycles. The summed E-state index contributed by atoms with van der Waals surface area (Å²) >= 11 is 3.49. The van der Waals surface area contributed by atoms with Gasteiger partial charge in [0.15, 0.2) is 0 Å². The van der Waals surface area contributed by atoms with E-state index in [1.807, 2.05) is 48.1 Å². The fraction of sp³-hybridized carbons (Fsp3) is 0.400. The Morgan fingerprint density at radius 2 is 2.00 bits per heavy atom. The van der Waals surface area contributed by atoms with Gasteiger partial charge in [-0.1, -0.05) is 34.1 Å². The van der Waals surface area contributed by atoms with E-state index < -0.39 is 5.60 Å². The minimum absolute atomic E-state index is 0.335. The topological polar surface area (TPSA) is 38.0 Å². The van der Waals surface area contributed by atoms with Crippen LogP contribution in [0, 0.1) is 0 Å². The summed E-state index contributed by atoms with van der Waals surface area (Å²) in [4.78, 5) is 0. The molecule has 0 aliphatic rings. The maximum absolute atomic E-state index is 10.7. The monoisotopic (exact) mass is 322 g/mol. The van der Waals surface area contributed by atoms with Gasteiger partial charge >= 0.3 is 0 Å². The van der Waals surface area contributed by atoms with E-state index in [-0.39, 0.29) is 0 Å². The third kappa shape index (κ3) is 3.25. The molecule has 1 aromatic carbocycles. The van der Waals surface area contributed by atoms with Crippen molar-refractivity contribution in [3.8, 4) is 0 Å².